The lowest BCUT2D eigenvalue weighted by atomic mass is 10.00. The van der Waals surface area contributed by atoms with Crippen molar-refractivity contribution in [3.63, 3.8) is 0 Å². The van der Waals surface area contributed by atoms with Gasteiger partial charge >= 0.3 is 5.97 Å². The molecule has 0 aromatic rings. The number of allylic oxidation sites excluding steroid dienone is 2. The Morgan fingerprint density at radius 1 is 1.53 bits per heavy atom. The summed E-state index contributed by atoms with van der Waals surface area (Å²) in [5.41, 5.74) is 0.361. The zero-order valence-corrected chi connectivity index (χ0v) is 9.69. The molecule has 0 aliphatic carbocycles. The third kappa shape index (κ3) is 3.31. The first-order chi connectivity index (χ1) is 8.27. The maximum atomic E-state index is 11.0. The van der Waals surface area contributed by atoms with E-state index < -0.39 is 5.97 Å². The molecule has 1 fully saturated rings. The molecule has 0 amide bonds. The summed E-state index contributed by atoms with van der Waals surface area (Å²) in [6.07, 6.45) is 6.88. The molecule has 1 atom stereocenters. The van der Waals surface area contributed by atoms with E-state index in [0.29, 0.717) is 11.5 Å². The fourth-order valence-corrected chi connectivity index (χ4v) is 2.09. The summed E-state index contributed by atoms with van der Waals surface area (Å²) >= 11 is 0. The SMILES string of the molecule is O=C(O)C1=CC=CNC1NCC1CCOCC1. The Morgan fingerprint density at radius 3 is 3.00 bits per heavy atom. The summed E-state index contributed by atoms with van der Waals surface area (Å²) < 4.78 is 5.29. The Labute approximate surface area is 101 Å². The fourth-order valence-electron chi connectivity index (χ4n) is 2.09. The molecule has 5 nitrogen and oxygen atoms in total. The minimum atomic E-state index is -0.883. The highest BCUT2D eigenvalue weighted by molar-refractivity contribution is 5.88. The second kappa shape index (κ2) is 5.84. The molecule has 0 spiro atoms. The number of carbonyl (C=O) groups is 1. The first-order valence-corrected chi connectivity index (χ1v) is 5.94. The zero-order valence-electron chi connectivity index (χ0n) is 9.69. The standard InChI is InChI=1S/C12H18N2O3/c15-12(16)10-2-1-5-13-11(10)14-8-9-3-6-17-7-4-9/h1-2,5,9,11,13-14H,3-4,6-8H2,(H,15,16). The molecule has 5 heteroatoms. The van der Waals surface area contributed by atoms with Crippen molar-refractivity contribution < 1.29 is 14.6 Å². The molecule has 0 bridgehead atoms. The predicted molar refractivity (Wildman–Crippen MR) is 63.3 cm³/mol. The van der Waals surface area contributed by atoms with Crippen LogP contribution >= 0.6 is 0 Å². The average Bonchev–Trinajstić information content (AvgIpc) is 2.38. The number of rotatable bonds is 4. The van der Waals surface area contributed by atoms with Gasteiger partial charge in [0.1, 0.15) is 6.17 Å². The average molecular weight is 238 g/mol. The van der Waals surface area contributed by atoms with Crippen molar-refractivity contribution in [2.75, 3.05) is 19.8 Å². The second-order valence-corrected chi connectivity index (χ2v) is 4.35. The molecular weight excluding hydrogens is 220 g/mol. The lowest BCUT2D eigenvalue weighted by Crippen LogP contribution is -2.46. The molecule has 2 heterocycles. The van der Waals surface area contributed by atoms with Crippen molar-refractivity contribution in [3.8, 4) is 0 Å². The van der Waals surface area contributed by atoms with Crippen molar-refractivity contribution in [1.29, 1.82) is 0 Å². The van der Waals surface area contributed by atoms with Gasteiger partial charge in [-0.05, 0) is 37.1 Å². The van der Waals surface area contributed by atoms with Crippen LogP contribution in [0.2, 0.25) is 0 Å². The minimum Gasteiger partial charge on any atom is -0.478 e. The number of carboxylic acids is 1. The molecule has 17 heavy (non-hydrogen) atoms. The molecule has 0 aromatic heterocycles. The molecular formula is C12H18N2O3. The van der Waals surface area contributed by atoms with E-state index in [-0.39, 0.29) is 6.17 Å². The van der Waals surface area contributed by atoms with Gasteiger partial charge in [0.15, 0.2) is 0 Å². The Kier molecular flexibility index (Phi) is 4.17. The maximum absolute atomic E-state index is 11.0. The van der Waals surface area contributed by atoms with Crippen LogP contribution in [0.25, 0.3) is 0 Å². The number of aliphatic carboxylic acids is 1. The van der Waals surface area contributed by atoms with Gasteiger partial charge < -0.3 is 15.2 Å². The smallest absolute Gasteiger partial charge is 0.335 e. The van der Waals surface area contributed by atoms with Gasteiger partial charge in [0.25, 0.3) is 0 Å². The summed E-state index contributed by atoms with van der Waals surface area (Å²) in [4.78, 5) is 11.0. The number of carboxylic acid groups (broad SMARTS) is 1. The highest BCUT2D eigenvalue weighted by Gasteiger charge is 2.22. The number of nitrogens with one attached hydrogen (secondary N) is 2. The van der Waals surface area contributed by atoms with Gasteiger partial charge in [-0.3, -0.25) is 5.32 Å². The number of dihydropyridines is 1. The van der Waals surface area contributed by atoms with E-state index in [0.717, 1.165) is 32.6 Å². The van der Waals surface area contributed by atoms with Crippen LogP contribution in [0.5, 0.6) is 0 Å². The van der Waals surface area contributed by atoms with Gasteiger partial charge in [-0.2, -0.15) is 0 Å². The van der Waals surface area contributed by atoms with Crippen LogP contribution in [0.15, 0.2) is 23.9 Å². The largest absolute Gasteiger partial charge is 0.478 e. The van der Waals surface area contributed by atoms with Crippen molar-refractivity contribution in [2.24, 2.45) is 5.92 Å². The van der Waals surface area contributed by atoms with Crippen LogP contribution in [-0.4, -0.2) is 37.0 Å². The Balaban J connectivity index is 1.83. The molecule has 2 aliphatic rings. The van der Waals surface area contributed by atoms with Crippen LogP contribution in [0, 0.1) is 5.92 Å². The van der Waals surface area contributed by atoms with Gasteiger partial charge in [-0.15, -0.1) is 0 Å². The molecule has 2 rings (SSSR count). The summed E-state index contributed by atoms with van der Waals surface area (Å²) in [5.74, 6) is -0.308. The van der Waals surface area contributed by atoms with Crippen molar-refractivity contribution in [2.45, 2.75) is 19.0 Å². The van der Waals surface area contributed by atoms with Gasteiger partial charge in [-0.1, -0.05) is 0 Å². The zero-order chi connectivity index (χ0) is 12.1. The maximum Gasteiger partial charge on any atom is 0.335 e. The van der Waals surface area contributed by atoms with E-state index >= 15 is 0 Å². The number of hydrogen-bond acceptors (Lipinski definition) is 4. The van der Waals surface area contributed by atoms with Gasteiger partial charge in [0.05, 0.1) is 5.57 Å². The van der Waals surface area contributed by atoms with E-state index in [4.69, 9.17) is 9.84 Å². The first kappa shape index (κ1) is 12.1. The number of ether oxygens (including phenoxy) is 1. The van der Waals surface area contributed by atoms with E-state index in [1.54, 1.807) is 18.4 Å². The molecule has 1 saturated heterocycles. The topological polar surface area (TPSA) is 70.6 Å². The van der Waals surface area contributed by atoms with E-state index in [1.807, 2.05) is 0 Å². The molecule has 0 aromatic carbocycles. The normalized spacial score (nSPS) is 25.2. The molecule has 0 radical (unpaired) electrons. The predicted octanol–water partition coefficient (Wildman–Crippen LogP) is 0.457. The quantitative estimate of drug-likeness (QED) is 0.663. The summed E-state index contributed by atoms with van der Waals surface area (Å²) in [6.45, 7) is 2.44. The van der Waals surface area contributed by atoms with E-state index in [1.165, 1.54) is 0 Å². The van der Waals surface area contributed by atoms with Crippen molar-refractivity contribution >= 4 is 5.97 Å². The van der Waals surface area contributed by atoms with Gasteiger partial charge in [0, 0.05) is 19.8 Å². The van der Waals surface area contributed by atoms with Crippen molar-refractivity contribution in [3.05, 3.63) is 23.9 Å². The van der Waals surface area contributed by atoms with Crippen molar-refractivity contribution in [1.82, 2.24) is 10.6 Å². The Bertz CT molecular complexity index is 333. The Hall–Kier alpha value is -1.33. The minimum absolute atomic E-state index is 0.291. The molecule has 2 aliphatic heterocycles. The van der Waals surface area contributed by atoms with E-state index in [2.05, 4.69) is 10.6 Å². The molecule has 1 unspecified atom stereocenters. The Morgan fingerprint density at radius 2 is 2.29 bits per heavy atom. The van der Waals surface area contributed by atoms with Crippen LogP contribution in [0.1, 0.15) is 12.8 Å². The molecule has 0 saturated carbocycles. The first-order valence-electron chi connectivity index (χ1n) is 5.94. The summed E-state index contributed by atoms with van der Waals surface area (Å²) in [7, 11) is 0. The highest BCUT2D eigenvalue weighted by Crippen LogP contribution is 2.14. The third-order valence-corrected chi connectivity index (χ3v) is 3.14. The summed E-state index contributed by atoms with van der Waals surface area (Å²) in [6, 6.07) is 0. The number of hydrogen-bond donors (Lipinski definition) is 3. The molecule has 94 valence electrons. The van der Waals surface area contributed by atoms with Gasteiger partial charge in [-0.25, -0.2) is 4.79 Å². The monoisotopic (exact) mass is 238 g/mol. The molecule has 3 N–H and O–H groups in total. The third-order valence-electron chi connectivity index (χ3n) is 3.14. The fraction of sp³-hybridized carbons (Fsp3) is 0.583. The van der Waals surface area contributed by atoms with Gasteiger partial charge in [0.2, 0.25) is 0 Å². The lowest BCUT2D eigenvalue weighted by molar-refractivity contribution is -0.133. The van der Waals surface area contributed by atoms with Crippen LogP contribution in [0.3, 0.4) is 0 Å². The van der Waals surface area contributed by atoms with Crippen LogP contribution in [0.4, 0.5) is 0 Å². The summed E-state index contributed by atoms with van der Waals surface area (Å²) in [5, 5.41) is 15.3. The van der Waals surface area contributed by atoms with E-state index in [9.17, 15) is 4.79 Å². The van der Waals surface area contributed by atoms with Crippen LogP contribution < -0.4 is 10.6 Å². The second-order valence-electron chi connectivity index (χ2n) is 4.35. The highest BCUT2D eigenvalue weighted by atomic mass is 16.5. The lowest BCUT2D eigenvalue weighted by Gasteiger charge is -2.27. The van der Waals surface area contributed by atoms with Crippen LogP contribution in [-0.2, 0) is 9.53 Å².